The number of ether oxygens (including phenoxy) is 6. The lowest BCUT2D eigenvalue weighted by molar-refractivity contribution is 0.259. The van der Waals surface area contributed by atoms with Gasteiger partial charge in [0.15, 0.2) is 34.5 Å². The summed E-state index contributed by atoms with van der Waals surface area (Å²) >= 11 is 0. The van der Waals surface area contributed by atoms with Crippen molar-refractivity contribution in [1.82, 2.24) is 29.9 Å². The topological polar surface area (TPSA) is 133 Å². The van der Waals surface area contributed by atoms with Gasteiger partial charge in [-0.1, -0.05) is 157 Å². The third-order valence-corrected chi connectivity index (χ3v) is 13.4. The Bertz CT molecular complexity index is 2270. The minimum atomic E-state index is 0.577. The first-order valence-electron chi connectivity index (χ1n) is 28.3. The third-order valence-electron chi connectivity index (χ3n) is 13.4. The van der Waals surface area contributed by atoms with Crippen LogP contribution in [0, 0.1) is 0 Å². The van der Waals surface area contributed by atoms with Crippen molar-refractivity contribution in [3.05, 3.63) is 36.4 Å². The molecule has 7 aromatic rings. The molecule has 0 atom stereocenters. The first-order valence-corrected chi connectivity index (χ1v) is 28.3. The Balaban J connectivity index is 1.43. The van der Waals surface area contributed by atoms with Gasteiger partial charge in [0.05, 0.1) is 72.7 Å². The standard InChI is InChI=1S/C60H84N6O6/c1-7-13-19-25-31-67-49-37-43-44(38-50(49)68-32-26-20-14-8-2)62-56-55(61-43)57-59(65-46-40-52(70-34-28-22-16-10-4)51(39-45(46)63-57)69-33-27-21-15-9-3)60-58(56)64-47-41-53(71-35-29-23-17-11-5)54(42-48(47)66-60)72-36-30-24-18-12-6/h37-42H,7-36H2,1-6H3. The van der Waals surface area contributed by atoms with E-state index < -0.39 is 0 Å². The summed E-state index contributed by atoms with van der Waals surface area (Å²) in [5.74, 6) is 4.02. The first kappa shape index (κ1) is 54.3. The van der Waals surface area contributed by atoms with E-state index in [1.807, 2.05) is 36.4 Å². The molecule has 0 fully saturated rings. The third kappa shape index (κ3) is 14.8. The van der Waals surface area contributed by atoms with Gasteiger partial charge in [0, 0.05) is 36.4 Å². The maximum absolute atomic E-state index is 6.49. The van der Waals surface area contributed by atoms with Gasteiger partial charge in [-0.2, -0.15) is 0 Å². The molecule has 0 spiro atoms. The van der Waals surface area contributed by atoms with E-state index in [0.717, 1.165) is 116 Å². The maximum Gasteiger partial charge on any atom is 0.163 e. The van der Waals surface area contributed by atoms with Crippen LogP contribution in [0.2, 0.25) is 0 Å². The summed E-state index contributed by atoms with van der Waals surface area (Å²) in [4.78, 5) is 32.3. The molecule has 0 N–H and O–H groups in total. The summed E-state index contributed by atoms with van der Waals surface area (Å²) in [6.07, 6.45) is 26.5. The first-order chi connectivity index (χ1) is 35.5. The molecular weight excluding hydrogens is 901 g/mol. The lowest BCUT2D eigenvalue weighted by atomic mass is 10.1. The Kier molecular flexibility index (Phi) is 22.0. The molecular formula is C60H84N6O6. The zero-order valence-electron chi connectivity index (χ0n) is 44.8. The lowest BCUT2D eigenvalue weighted by Crippen LogP contribution is -2.05. The lowest BCUT2D eigenvalue weighted by Gasteiger charge is -2.16. The molecule has 0 saturated heterocycles. The van der Waals surface area contributed by atoms with Gasteiger partial charge in [-0.05, 0) is 38.5 Å². The van der Waals surface area contributed by atoms with Gasteiger partial charge in [-0.3, -0.25) is 0 Å². The fourth-order valence-corrected chi connectivity index (χ4v) is 9.13. The molecule has 0 amide bonds. The smallest absolute Gasteiger partial charge is 0.163 e. The average molecular weight is 985 g/mol. The highest BCUT2D eigenvalue weighted by molar-refractivity contribution is 6.21. The molecule has 12 nitrogen and oxygen atoms in total. The number of rotatable bonds is 36. The number of hydrogen-bond acceptors (Lipinski definition) is 12. The van der Waals surface area contributed by atoms with Crippen LogP contribution in [0.25, 0.3) is 66.2 Å². The molecule has 12 heteroatoms. The summed E-state index contributed by atoms with van der Waals surface area (Å²) < 4.78 is 38.9. The van der Waals surface area contributed by atoms with Crippen molar-refractivity contribution < 1.29 is 28.4 Å². The monoisotopic (exact) mass is 985 g/mol. The number of unbranched alkanes of at least 4 members (excludes halogenated alkanes) is 18. The van der Waals surface area contributed by atoms with Crippen LogP contribution < -0.4 is 28.4 Å². The summed E-state index contributed by atoms with van der Waals surface area (Å²) in [5, 5.41) is 0. The molecule has 0 saturated carbocycles. The summed E-state index contributed by atoms with van der Waals surface area (Å²) in [6.45, 7) is 16.9. The second kappa shape index (κ2) is 29.2. The van der Waals surface area contributed by atoms with Gasteiger partial charge < -0.3 is 28.4 Å². The quantitative estimate of drug-likeness (QED) is 0.0210. The number of fused-ring (bicyclic) bond motifs is 9. The zero-order chi connectivity index (χ0) is 50.3. The molecule has 7 rings (SSSR count). The molecule has 0 bridgehead atoms. The van der Waals surface area contributed by atoms with E-state index in [4.69, 9.17) is 58.3 Å². The highest BCUT2D eigenvalue weighted by Crippen LogP contribution is 2.40. The van der Waals surface area contributed by atoms with E-state index in [0.29, 0.717) is 140 Å². The van der Waals surface area contributed by atoms with Gasteiger partial charge in [0.25, 0.3) is 0 Å². The Hall–Kier alpha value is -5.52. The van der Waals surface area contributed by atoms with Crippen molar-refractivity contribution in [2.75, 3.05) is 39.6 Å². The molecule has 0 unspecified atom stereocenters. The van der Waals surface area contributed by atoms with Crippen molar-refractivity contribution in [2.24, 2.45) is 0 Å². The fourth-order valence-electron chi connectivity index (χ4n) is 9.13. The van der Waals surface area contributed by atoms with Gasteiger partial charge in [0.2, 0.25) is 0 Å². The van der Waals surface area contributed by atoms with Gasteiger partial charge in [-0.15, -0.1) is 0 Å². The summed E-state index contributed by atoms with van der Waals surface area (Å²) in [5.41, 5.74) is 7.48. The molecule has 3 aromatic heterocycles. The minimum Gasteiger partial charge on any atom is -0.490 e. The number of benzene rings is 4. The van der Waals surface area contributed by atoms with E-state index in [1.165, 1.54) is 38.5 Å². The van der Waals surface area contributed by atoms with Crippen molar-refractivity contribution >= 4 is 66.2 Å². The van der Waals surface area contributed by atoms with Gasteiger partial charge >= 0.3 is 0 Å². The fraction of sp³-hybridized carbons (Fsp3) is 0.600. The second-order valence-electron chi connectivity index (χ2n) is 19.6. The number of aromatic nitrogens is 6. The predicted molar refractivity (Wildman–Crippen MR) is 296 cm³/mol. The second-order valence-corrected chi connectivity index (χ2v) is 19.6. The Labute approximate surface area is 429 Å². The van der Waals surface area contributed by atoms with Crippen molar-refractivity contribution in [1.29, 1.82) is 0 Å². The van der Waals surface area contributed by atoms with E-state index in [1.54, 1.807) is 0 Å². The minimum absolute atomic E-state index is 0.577. The highest BCUT2D eigenvalue weighted by Gasteiger charge is 2.23. The van der Waals surface area contributed by atoms with Crippen LogP contribution in [0.4, 0.5) is 0 Å². The number of nitrogens with zero attached hydrogens (tertiary/aromatic N) is 6. The van der Waals surface area contributed by atoms with Crippen molar-refractivity contribution in [2.45, 2.75) is 196 Å². The SMILES string of the molecule is CCCCCCOc1cc2nc3c4nc5cc(OCCCCCC)c(OCCCCCC)cc5nc4c4nc5cc(OCCCCCC)c(OCCCCCC)cc5nc4c3nc2cc1OCCCCCC. The largest absolute Gasteiger partial charge is 0.490 e. The molecule has 0 aliphatic carbocycles. The van der Waals surface area contributed by atoms with Crippen LogP contribution in [0.5, 0.6) is 34.5 Å². The van der Waals surface area contributed by atoms with Gasteiger partial charge in [0.1, 0.15) is 33.1 Å². The summed E-state index contributed by atoms with van der Waals surface area (Å²) in [6, 6.07) is 11.8. The molecule has 4 aromatic carbocycles. The normalized spacial score (nSPS) is 11.8. The molecule has 0 aliphatic rings. The number of hydrogen-bond donors (Lipinski definition) is 0. The van der Waals surface area contributed by atoms with Crippen molar-refractivity contribution in [3.63, 3.8) is 0 Å². The Morgan fingerprint density at radius 2 is 0.375 bits per heavy atom. The van der Waals surface area contributed by atoms with Gasteiger partial charge in [-0.25, -0.2) is 29.9 Å². The van der Waals surface area contributed by atoms with Crippen LogP contribution in [0.3, 0.4) is 0 Å². The Morgan fingerprint density at radius 3 is 0.514 bits per heavy atom. The van der Waals surface area contributed by atoms with E-state index in [9.17, 15) is 0 Å². The molecule has 0 radical (unpaired) electrons. The van der Waals surface area contributed by atoms with E-state index in [-0.39, 0.29) is 0 Å². The highest BCUT2D eigenvalue weighted by atomic mass is 16.5. The van der Waals surface area contributed by atoms with Crippen LogP contribution in [0.15, 0.2) is 36.4 Å². The van der Waals surface area contributed by atoms with Crippen molar-refractivity contribution in [3.8, 4) is 34.5 Å². The van der Waals surface area contributed by atoms with Crippen LogP contribution >= 0.6 is 0 Å². The molecule has 3 heterocycles. The maximum atomic E-state index is 6.49. The van der Waals surface area contributed by atoms with Crippen LogP contribution in [-0.2, 0) is 0 Å². The zero-order valence-corrected chi connectivity index (χ0v) is 44.8. The summed E-state index contributed by atoms with van der Waals surface area (Å²) in [7, 11) is 0. The average Bonchev–Trinajstić information content (AvgIpc) is 3.39. The molecule has 72 heavy (non-hydrogen) atoms. The predicted octanol–water partition coefficient (Wildman–Crippen LogP) is 16.7. The van der Waals surface area contributed by atoms with Crippen LogP contribution in [-0.4, -0.2) is 69.5 Å². The van der Waals surface area contributed by atoms with E-state index >= 15 is 0 Å². The van der Waals surface area contributed by atoms with E-state index in [2.05, 4.69) is 41.5 Å². The molecule has 0 aliphatic heterocycles. The molecule has 390 valence electrons. The van der Waals surface area contributed by atoms with Crippen LogP contribution in [0.1, 0.15) is 196 Å². The Morgan fingerprint density at radius 1 is 0.222 bits per heavy atom.